The SMILES string of the molecule is CC1(C)OB(c2cnc(OCC(P)(P)P)c(P)c2)OC1(C)C. The maximum atomic E-state index is 6.04. The normalized spacial score (nSPS) is 20.3. The third kappa shape index (κ3) is 4.39. The summed E-state index contributed by atoms with van der Waals surface area (Å²) in [5, 5.41) is 0.886. The summed E-state index contributed by atoms with van der Waals surface area (Å²) >= 11 is 0. The predicted molar refractivity (Wildman–Crippen MR) is 107 cm³/mol. The highest BCUT2D eigenvalue weighted by Crippen LogP contribution is 2.36. The van der Waals surface area contributed by atoms with Gasteiger partial charge in [-0.1, -0.05) is 9.24 Å². The summed E-state index contributed by atoms with van der Waals surface area (Å²) in [7, 11) is 10.3. The summed E-state index contributed by atoms with van der Waals surface area (Å²) in [6, 6.07) is 1.98. The van der Waals surface area contributed by atoms with Gasteiger partial charge in [0.05, 0.1) is 11.2 Å². The molecule has 0 amide bonds. The number of rotatable bonds is 4. The fourth-order valence-electron chi connectivity index (χ4n) is 1.91. The lowest BCUT2D eigenvalue weighted by Gasteiger charge is -2.32. The van der Waals surface area contributed by atoms with Crippen LogP contribution in [0.4, 0.5) is 0 Å². The summed E-state index contributed by atoms with van der Waals surface area (Å²) in [5.41, 5.74) is 0.183. The fraction of sp³-hybridized carbons (Fsp3) is 0.615. The molecule has 4 nitrogen and oxygen atoms in total. The van der Waals surface area contributed by atoms with Gasteiger partial charge in [0.2, 0.25) is 5.88 Å². The second-order valence-corrected chi connectivity index (χ2v) is 12.5. The van der Waals surface area contributed by atoms with Crippen LogP contribution in [0.2, 0.25) is 0 Å². The molecule has 1 saturated heterocycles. The Kier molecular flexibility index (Phi) is 5.62. The zero-order valence-electron chi connectivity index (χ0n) is 13.4. The molecule has 1 aliphatic heterocycles. The lowest BCUT2D eigenvalue weighted by molar-refractivity contribution is 0.00578. The first kappa shape index (κ1) is 19.0. The summed E-state index contributed by atoms with van der Waals surface area (Å²) in [6.07, 6.45) is 1.75. The summed E-state index contributed by atoms with van der Waals surface area (Å²) in [5.74, 6) is 0.599. The molecule has 0 aromatic carbocycles. The van der Waals surface area contributed by atoms with Crippen molar-refractivity contribution in [1.29, 1.82) is 0 Å². The molecule has 2 rings (SSSR count). The predicted octanol–water partition coefficient (Wildman–Crippen LogP) is 1.54. The Balaban J connectivity index is 2.14. The molecular formula is C13H24BNO3P4. The molecule has 122 valence electrons. The molecule has 0 N–H and O–H groups in total. The minimum absolute atomic E-state index is 0.150. The summed E-state index contributed by atoms with van der Waals surface area (Å²) < 4.78 is 17.6. The van der Waals surface area contributed by atoms with Gasteiger partial charge in [-0.2, -0.15) is 0 Å². The van der Waals surface area contributed by atoms with Gasteiger partial charge in [0.15, 0.2) is 0 Å². The van der Waals surface area contributed by atoms with E-state index in [-0.39, 0.29) is 15.8 Å². The molecule has 9 heteroatoms. The van der Waals surface area contributed by atoms with Crippen LogP contribution >= 0.6 is 37.0 Å². The van der Waals surface area contributed by atoms with Crippen LogP contribution in [0.5, 0.6) is 5.88 Å². The Morgan fingerprint density at radius 1 is 1.18 bits per heavy atom. The van der Waals surface area contributed by atoms with Crippen LogP contribution < -0.4 is 15.5 Å². The van der Waals surface area contributed by atoms with E-state index in [2.05, 4.69) is 41.9 Å². The molecule has 0 aliphatic carbocycles. The van der Waals surface area contributed by atoms with Crippen LogP contribution in [0, 0.1) is 0 Å². The molecule has 0 spiro atoms. The molecule has 1 aliphatic rings. The first-order valence-corrected chi connectivity index (χ1v) is 9.33. The first-order valence-electron chi connectivity index (χ1n) is 7.02. The van der Waals surface area contributed by atoms with Gasteiger partial charge in [0.25, 0.3) is 0 Å². The first-order chi connectivity index (χ1) is 9.91. The number of ether oxygens (including phenoxy) is 1. The van der Waals surface area contributed by atoms with E-state index in [0.717, 1.165) is 10.8 Å². The molecule has 0 bridgehead atoms. The third-order valence-corrected chi connectivity index (χ3v) is 4.80. The number of pyridine rings is 1. The van der Waals surface area contributed by atoms with Gasteiger partial charge in [-0.3, -0.25) is 0 Å². The highest BCUT2D eigenvalue weighted by atomic mass is 31.1. The fourth-order valence-corrected chi connectivity index (χ4v) is 2.51. The molecule has 0 saturated carbocycles. The molecule has 22 heavy (non-hydrogen) atoms. The largest absolute Gasteiger partial charge is 0.496 e. The zero-order chi connectivity index (χ0) is 16.8. The van der Waals surface area contributed by atoms with Crippen LogP contribution in [-0.4, -0.2) is 34.5 Å². The van der Waals surface area contributed by atoms with Gasteiger partial charge < -0.3 is 14.0 Å². The highest BCUT2D eigenvalue weighted by molar-refractivity contribution is 7.57. The molecule has 4 unspecified atom stereocenters. The quantitative estimate of drug-likeness (QED) is 0.590. The van der Waals surface area contributed by atoms with E-state index < -0.39 is 7.12 Å². The Morgan fingerprint density at radius 2 is 1.73 bits per heavy atom. The molecule has 1 fully saturated rings. The Morgan fingerprint density at radius 3 is 2.18 bits per heavy atom. The number of hydrogen-bond acceptors (Lipinski definition) is 4. The molecule has 4 atom stereocenters. The van der Waals surface area contributed by atoms with Crippen LogP contribution in [0.15, 0.2) is 12.3 Å². The summed E-state index contributed by atoms with van der Waals surface area (Å²) in [6.45, 7) is 8.66. The Hall–Kier alpha value is 0.655. The molecule has 0 radical (unpaired) electrons. The van der Waals surface area contributed by atoms with Crippen LogP contribution in [-0.2, 0) is 9.31 Å². The van der Waals surface area contributed by atoms with Crippen LogP contribution in [0.25, 0.3) is 0 Å². The standard InChI is InChI=1S/C13H24BNO3P4/c1-11(2)12(3,4)18-14(17-11)8-5-9(19)10(15-6-8)16-7-13(20,21)22/h5-6H,7,19-22H2,1-4H3. The van der Waals surface area contributed by atoms with Crippen molar-refractivity contribution in [3.8, 4) is 5.88 Å². The van der Waals surface area contributed by atoms with Crippen molar-refractivity contribution in [3.63, 3.8) is 0 Å². The van der Waals surface area contributed by atoms with E-state index in [0.29, 0.717) is 12.5 Å². The smallest absolute Gasteiger partial charge is 0.476 e. The second kappa shape index (κ2) is 6.52. The lowest BCUT2D eigenvalue weighted by Crippen LogP contribution is -2.41. The Labute approximate surface area is 142 Å². The van der Waals surface area contributed by atoms with E-state index in [1.165, 1.54) is 0 Å². The van der Waals surface area contributed by atoms with E-state index in [4.69, 9.17) is 14.0 Å². The monoisotopic (exact) mass is 377 g/mol. The van der Waals surface area contributed by atoms with Gasteiger partial charge in [-0.25, -0.2) is 4.98 Å². The summed E-state index contributed by atoms with van der Waals surface area (Å²) in [4.78, 5) is 4.39. The van der Waals surface area contributed by atoms with Crippen LogP contribution in [0.1, 0.15) is 27.7 Å². The van der Waals surface area contributed by atoms with Gasteiger partial charge in [-0.05, 0) is 33.8 Å². The molecule has 2 heterocycles. The topological polar surface area (TPSA) is 40.6 Å². The van der Waals surface area contributed by atoms with Crippen LogP contribution in [0.3, 0.4) is 0 Å². The average Bonchev–Trinajstić information content (AvgIpc) is 2.56. The lowest BCUT2D eigenvalue weighted by atomic mass is 9.80. The van der Waals surface area contributed by atoms with Crippen molar-refractivity contribution in [2.75, 3.05) is 6.61 Å². The zero-order valence-corrected chi connectivity index (χ0v) is 18.0. The van der Waals surface area contributed by atoms with E-state index >= 15 is 0 Å². The number of hydrogen-bond donors (Lipinski definition) is 0. The number of nitrogens with zero attached hydrogens (tertiary/aromatic N) is 1. The molecule has 1 aromatic heterocycles. The van der Waals surface area contributed by atoms with Crippen molar-refractivity contribution in [2.24, 2.45) is 0 Å². The molecular weight excluding hydrogens is 353 g/mol. The molecule has 1 aromatic rings. The number of aromatic nitrogens is 1. The minimum atomic E-state index is -0.407. The van der Waals surface area contributed by atoms with Crippen molar-refractivity contribution in [1.82, 2.24) is 4.98 Å². The van der Waals surface area contributed by atoms with Crippen molar-refractivity contribution in [2.45, 2.75) is 43.5 Å². The van der Waals surface area contributed by atoms with Gasteiger partial charge in [-0.15, -0.1) is 27.7 Å². The average molecular weight is 377 g/mol. The van der Waals surface area contributed by atoms with E-state index in [1.54, 1.807) is 6.20 Å². The Bertz CT molecular complexity index is 547. The van der Waals surface area contributed by atoms with Crippen molar-refractivity contribution >= 4 is 54.8 Å². The third-order valence-electron chi connectivity index (χ3n) is 3.88. The van der Waals surface area contributed by atoms with Gasteiger partial charge in [0, 0.05) is 21.6 Å². The van der Waals surface area contributed by atoms with Gasteiger partial charge in [0.1, 0.15) is 6.61 Å². The maximum Gasteiger partial charge on any atom is 0.496 e. The minimum Gasteiger partial charge on any atom is -0.476 e. The van der Waals surface area contributed by atoms with Gasteiger partial charge >= 0.3 is 7.12 Å². The highest BCUT2D eigenvalue weighted by Gasteiger charge is 2.51. The van der Waals surface area contributed by atoms with Crippen molar-refractivity contribution < 1.29 is 14.0 Å². The van der Waals surface area contributed by atoms with E-state index in [1.807, 2.05) is 33.8 Å². The van der Waals surface area contributed by atoms with Crippen molar-refractivity contribution in [3.05, 3.63) is 12.3 Å². The maximum absolute atomic E-state index is 6.04. The second-order valence-electron chi connectivity index (χ2n) is 6.65. The van der Waals surface area contributed by atoms with E-state index in [9.17, 15) is 0 Å².